The fourth-order valence-electron chi connectivity index (χ4n) is 1.29. The van der Waals surface area contributed by atoms with Crippen LogP contribution in [-0.2, 0) is 0 Å². The molecule has 2 nitrogen and oxygen atoms in total. The van der Waals surface area contributed by atoms with Crippen LogP contribution in [0.1, 0.15) is 21.5 Å². The van der Waals surface area contributed by atoms with Crippen molar-refractivity contribution in [1.82, 2.24) is 5.32 Å². The molecule has 0 saturated carbocycles. The maximum Gasteiger partial charge on any atom is 0.252 e. The highest BCUT2D eigenvalue weighted by Crippen LogP contribution is 2.09. The standard InChI is InChI=1S/C12H13NO/c1-4-7-13-12(14)11-6-5-9(2)8-10(11)3/h1,5-6,8H,7H2,2-3H3,(H,13,14). The maximum atomic E-state index is 11.5. The van der Waals surface area contributed by atoms with Crippen LogP contribution in [0.5, 0.6) is 0 Å². The van der Waals surface area contributed by atoms with Crippen LogP contribution in [0.4, 0.5) is 0 Å². The summed E-state index contributed by atoms with van der Waals surface area (Å²) in [5.74, 6) is 2.26. The van der Waals surface area contributed by atoms with Crippen molar-refractivity contribution in [2.24, 2.45) is 0 Å². The lowest BCUT2D eigenvalue weighted by molar-refractivity contribution is 0.0958. The number of terminal acetylenes is 1. The van der Waals surface area contributed by atoms with Gasteiger partial charge in [-0.3, -0.25) is 4.79 Å². The number of nitrogens with one attached hydrogen (secondary N) is 1. The minimum atomic E-state index is -0.111. The van der Waals surface area contributed by atoms with Crippen LogP contribution < -0.4 is 5.32 Å². The van der Waals surface area contributed by atoms with Gasteiger partial charge in [-0.2, -0.15) is 0 Å². The van der Waals surface area contributed by atoms with Gasteiger partial charge in [0.05, 0.1) is 6.54 Å². The van der Waals surface area contributed by atoms with Crippen molar-refractivity contribution < 1.29 is 4.79 Å². The molecule has 1 amide bonds. The molecular formula is C12H13NO. The maximum absolute atomic E-state index is 11.5. The molecule has 0 spiro atoms. The summed E-state index contributed by atoms with van der Waals surface area (Å²) in [5, 5.41) is 2.63. The van der Waals surface area contributed by atoms with Crippen molar-refractivity contribution in [3.63, 3.8) is 0 Å². The predicted octanol–water partition coefficient (Wildman–Crippen LogP) is 1.67. The van der Waals surface area contributed by atoms with Gasteiger partial charge in [-0.05, 0) is 25.5 Å². The van der Waals surface area contributed by atoms with Crippen molar-refractivity contribution in [3.05, 3.63) is 34.9 Å². The van der Waals surface area contributed by atoms with Crippen LogP contribution in [-0.4, -0.2) is 12.5 Å². The molecule has 0 aromatic heterocycles. The van der Waals surface area contributed by atoms with Gasteiger partial charge in [0, 0.05) is 5.56 Å². The molecule has 1 N–H and O–H groups in total. The first-order valence-corrected chi connectivity index (χ1v) is 4.44. The monoisotopic (exact) mass is 187 g/mol. The Balaban J connectivity index is 2.86. The van der Waals surface area contributed by atoms with Crippen LogP contribution in [0.2, 0.25) is 0 Å². The second-order valence-corrected chi connectivity index (χ2v) is 3.21. The lowest BCUT2D eigenvalue weighted by Crippen LogP contribution is -2.24. The van der Waals surface area contributed by atoms with Crippen LogP contribution in [0.3, 0.4) is 0 Å². The number of carbonyl (C=O) groups is 1. The highest BCUT2D eigenvalue weighted by molar-refractivity contribution is 5.95. The van der Waals surface area contributed by atoms with E-state index >= 15 is 0 Å². The Kier molecular flexibility index (Phi) is 3.30. The fraction of sp³-hybridized carbons (Fsp3) is 0.250. The Morgan fingerprint density at radius 1 is 1.50 bits per heavy atom. The molecule has 2 heteroatoms. The summed E-state index contributed by atoms with van der Waals surface area (Å²) in [6, 6.07) is 5.71. The van der Waals surface area contributed by atoms with E-state index in [0.29, 0.717) is 5.56 Å². The highest BCUT2D eigenvalue weighted by Gasteiger charge is 2.06. The zero-order valence-electron chi connectivity index (χ0n) is 8.42. The summed E-state index contributed by atoms with van der Waals surface area (Å²) < 4.78 is 0. The lowest BCUT2D eigenvalue weighted by atomic mass is 10.1. The molecule has 0 aliphatic rings. The Morgan fingerprint density at radius 2 is 2.21 bits per heavy atom. The Morgan fingerprint density at radius 3 is 2.79 bits per heavy atom. The van der Waals surface area contributed by atoms with E-state index in [4.69, 9.17) is 6.42 Å². The zero-order chi connectivity index (χ0) is 10.6. The molecule has 0 bridgehead atoms. The summed E-state index contributed by atoms with van der Waals surface area (Å²) in [7, 11) is 0. The SMILES string of the molecule is C#CCNC(=O)c1ccc(C)cc1C. The van der Waals surface area contributed by atoms with Crippen LogP contribution in [0.15, 0.2) is 18.2 Å². The summed E-state index contributed by atoms with van der Waals surface area (Å²) in [6.45, 7) is 4.18. The molecule has 1 rings (SSSR count). The third kappa shape index (κ3) is 2.37. The number of hydrogen-bond acceptors (Lipinski definition) is 1. The number of aryl methyl sites for hydroxylation is 2. The summed E-state index contributed by atoms with van der Waals surface area (Å²) in [4.78, 5) is 11.5. The van der Waals surface area contributed by atoms with Crippen LogP contribution in [0.25, 0.3) is 0 Å². The number of carbonyl (C=O) groups excluding carboxylic acids is 1. The first kappa shape index (κ1) is 10.3. The van der Waals surface area contributed by atoms with Crippen molar-refractivity contribution in [2.45, 2.75) is 13.8 Å². The predicted molar refractivity (Wildman–Crippen MR) is 57.1 cm³/mol. The largest absolute Gasteiger partial charge is 0.341 e. The van der Waals surface area contributed by atoms with E-state index in [1.165, 1.54) is 0 Å². The second-order valence-electron chi connectivity index (χ2n) is 3.21. The van der Waals surface area contributed by atoms with E-state index < -0.39 is 0 Å². The third-order valence-corrected chi connectivity index (χ3v) is 1.98. The number of rotatable bonds is 2. The van der Waals surface area contributed by atoms with Crippen molar-refractivity contribution in [1.29, 1.82) is 0 Å². The smallest absolute Gasteiger partial charge is 0.252 e. The van der Waals surface area contributed by atoms with Crippen molar-refractivity contribution >= 4 is 5.91 Å². The molecule has 0 atom stereocenters. The first-order chi connectivity index (χ1) is 6.65. The summed E-state index contributed by atoms with van der Waals surface area (Å²) in [6.07, 6.45) is 5.05. The molecule has 0 fully saturated rings. The van der Waals surface area contributed by atoms with E-state index in [1.54, 1.807) is 0 Å². The molecule has 1 aromatic rings. The van der Waals surface area contributed by atoms with Gasteiger partial charge in [-0.15, -0.1) is 6.42 Å². The molecular weight excluding hydrogens is 174 g/mol. The van der Waals surface area contributed by atoms with Gasteiger partial charge in [0.1, 0.15) is 0 Å². The zero-order valence-corrected chi connectivity index (χ0v) is 8.42. The van der Waals surface area contributed by atoms with E-state index in [2.05, 4.69) is 11.2 Å². The van der Waals surface area contributed by atoms with E-state index in [0.717, 1.165) is 11.1 Å². The van der Waals surface area contributed by atoms with Gasteiger partial charge >= 0.3 is 0 Å². The Bertz CT molecular complexity index is 388. The van der Waals surface area contributed by atoms with Gasteiger partial charge in [-0.25, -0.2) is 0 Å². The third-order valence-electron chi connectivity index (χ3n) is 1.98. The quantitative estimate of drug-likeness (QED) is 0.701. The van der Waals surface area contributed by atoms with Gasteiger partial charge < -0.3 is 5.32 Å². The highest BCUT2D eigenvalue weighted by atomic mass is 16.1. The average molecular weight is 187 g/mol. The Labute approximate surface area is 84.3 Å². The van der Waals surface area contributed by atoms with Gasteiger partial charge in [0.2, 0.25) is 0 Å². The van der Waals surface area contributed by atoms with E-state index in [9.17, 15) is 4.79 Å². The van der Waals surface area contributed by atoms with E-state index in [-0.39, 0.29) is 12.5 Å². The first-order valence-electron chi connectivity index (χ1n) is 4.44. The molecule has 0 saturated heterocycles. The minimum Gasteiger partial charge on any atom is -0.341 e. The van der Waals surface area contributed by atoms with Gasteiger partial charge in [0.15, 0.2) is 0 Å². The normalized spacial score (nSPS) is 9.21. The van der Waals surface area contributed by atoms with Gasteiger partial charge in [-0.1, -0.05) is 23.6 Å². The molecule has 1 aromatic carbocycles. The molecule has 0 aliphatic carbocycles. The summed E-state index contributed by atoms with van der Waals surface area (Å²) >= 11 is 0. The topological polar surface area (TPSA) is 29.1 Å². The van der Waals surface area contributed by atoms with Crippen molar-refractivity contribution in [2.75, 3.05) is 6.54 Å². The van der Waals surface area contributed by atoms with E-state index in [1.807, 2.05) is 32.0 Å². The second kappa shape index (κ2) is 4.48. The molecule has 0 aliphatic heterocycles. The molecule has 72 valence electrons. The number of benzene rings is 1. The van der Waals surface area contributed by atoms with Crippen molar-refractivity contribution in [3.8, 4) is 12.3 Å². The fourth-order valence-corrected chi connectivity index (χ4v) is 1.29. The van der Waals surface area contributed by atoms with Crippen LogP contribution in [0, 0.1) is 26.2 Å². The molecule has 0 unspecified atom stereocenters. The minimum absolute atomic E-state index is 0.111. The number of amides is 1. The number of hydrogen-bond donors (Lipinski definition) is 1. The molecule has 0 heterocycles. The molecule has 0 radical (unpaired) electrons. The average Bonchev–Trinajstić information content (AvgIpc) is 2.14. The lowest BCUT2D eigenvalue weighted by Gasteiger charge is -2.05. The Hall–Kier alpha value is -1.75. The van der Waals surface area contributed by atoms with Crippen LogP contribution >= 0.6 is 0 Å². The summed E-state index contributed by atoms with van der Waals surface area (Å²) in [5.41, 5.74) is 2.81. The van der Waals surface area contributed by atoms with Gasteiger partial charge in [0.25, 0.3) is 5.91 Å². The molecule has 14 heavy (non-hydrogen) atoms.